The Morgan fingerprint density at radius 3 is 2.86 bits per heavy atom. The van der Waals surface area contributed by atoms with Gasteiger partial charge in [-0.25, -0.2) is 9.97 Å². The molecule has 0 N–H and O–H groups in total. The SMILES string of the molecule is CCN(C)c1nc(Cl)nc2c1CCC2. The Balaban J connectivity index is 2.48. The Bertz CT molecular complexity index is 351. The summed E-state index contributed by atoms with van der Waals surface area (Å²) < 4.78 is 0. The van der Waals surface area contributed by atoms with Gasteiger partial charge >= 0.3 is 0 Å². The molecule has 14 heavy (non-hydrogen) atoms. The largest absolute Gasteiger partial charge is 0.360 e. The van der Waals surface area contributed by atoms with E-state index in [-0.39, 0.29) is 0 Å². The molecule has 0 unspecified atom stereocenters. The van der Waals surface area contributed by atoms with E-state index < -0.39 is 0 Å². The zero-order valence-electron chi connectivity index (χ0n) is 8.55. The van der Waals surface area contributed by atoms with E-state index in [0.29, 0.717) is 5.28 Å². The third-order valence-corrected chi connectivity index (χ3v) is 2.89. The van der Waals surface area contributed by atoms with Crippen molar-refractivity contribution in [1.82, 2.24) is 9.97 Å². The van der Waals surface area contributed by atoms with Crippen LogP contribution in [0.5, 0.6) is 0 Å². The molecule has 76 valence electrons. The molecule has 0 fully saturated rings. The average Bonchev–Trinajstić information content (AvgIpc) is 2.62. The highest BCUT2D eigenvalue weighted by atomic mass is 35.5. The number of fused-ring (bicyclic) bond motifs is 1. The van der Waals surface area contributed by atoms with Crippen molar-refractivity contribution in [3.05, 3.63) is 16.5 Å². The molecular weight excluding hydrogens is 198 g/mol. The Kier molecular flexibility index (Phi) is 2.59. The Morgan fingerprint density at radius 2 is 2.14 bits per heavy atom. The summed E-state index contributed by atoms with van der Waals surface area (Å²) in [6, 6.07) is 0. The molecule has 1 aliphatic rings. The molecular formula is C10H14ClN3. The Hall–Kier alpha value is -0.830. The van der Waals surface area contributed by atoms with Gasteiger partial charge in [0.2, 0.25) is 5.28 Å². The lowest BCUT2D eigenvalue weighted by Gasteiger charge is -2.18. The van der Waals surface area contributed by atoms with Crippen molar-refractivity contribution in [2.45, 2.75) is 26.2 Å². The van der Waals surface area contributed by atoms with Crippen LogP contribution in [-0.4, -0.2) is 23.6 Å². The van der Waals surface area contributed by atoms with Gasteiger partial charge in [0, 0.05) is 19.2 Å². The fourth-order valence-electron chi connectivity index (χ4n) is 1.85. The first-order valence-electron chi connectivity index (χ1n) is 4.98. The predicted octanol–water partition coefficient (Wildman–Crippen LogP) is 2.07. The van der Waals surface area contributed by atoms with Crippen molar-refractivity contribution < 1.29 is 0 Å². The molecule has 4 heteroatoms. The van der Waals surface area contributed by atoms with Crippen LogP contribution < -0.4 is 4.90 Å². The van der Waals surface area contributed by atoms with Gasteiger partial charge in [0.15, 0.2) is 0 Å². The van der Waals surface area contributed by atoms with Gasteiger partial charge in [0.25, 0.3) is 0 Å². The molecule has 0 spiro atoms. The van der Waals surface area contributed by atoms with Crippen LogP contribution in [0.4, 0.5) is 5.82 Å². The van der Waals surface area contributed by atoms with Crippen LogP contribution in [0.2, 0.25) is 5.28 Å². The molecule has 0 saturated carbocycles. The summed E-state index contributed by atoms with van der Waals surface area (Å²) in [4.78, 5) is 10.7. The summed E-state index contributed by atoms with van der Waals surface area (Å²) in [6.07, 6.45) is 3.31. The number of hydrogen-bond donors (Lipinski definition) is 0. The molecule has 0 amide bonds. The van der Waals surface area contributed by atoms with Crippen molar-refractivity contribution in [3.63, 3.8) is 0 Å². The third-order valence-electron chi connectivity index (χ3n) is 2.72. The van der Waals surface area contributed by atoms with E-state index in [9.17, 15) is 0 Å². The van der Waals surface area contributed by atoms with Crippen molar-refractivity contribution in [1.29, 1.82) is 0 Å². The van der Waals surface area contributed by atoms with Crippen LogP contribution >= 0.6 is 11.6 Å². The quantitative estimate of drug-likeness (QED) is 0.702. The normalized spacial score (nSPS) is 14.2. The lowest BCUT2D eigenvalue weighted by Crippen LogP contribution is -2.19. The Morgan fingerprint density at radius 1 is 1.36 bits per heavy atom. The third kappa shape index (κ3) is 1.57. The van der Waals surface area contributed by atoms with Gasteiger partial charge in [-0.15, -0.1) is 0 Å². The minimum Gasteiger partial charge on any atom is -0.360 e. The minimum absolute atomic E-state index is 0.376. The molecule has 1 aromatic rings. The first-order valence-corrected chi connectivity index (χ1v) is 5.36. The van der Waals surface area contributed by atoms with Crippen molar-refractivity contribution >= 4 is 17.4 Å². The summed E-state index contributed by atoms with van der Waals surface area (Å²) in [5, 5.41) is 0.376. The fourth-order valence-corrected chi connectivity index (χ4v) is 2.03. The van der Waals surface area contributed by atoms with E-state index in [1.54, 1.807) is 0 Å². The molecule has 2 rings (SSSR count). The van der Waals surface area contributed by atoms with E-state index in [4.69, 9.17) is 11.6 Å². The monoisotopic (exact) mass is 211 g/mol. The molecule has 0 saturated heterocycles. The van der Waals surface area contributed by atoms with E-state index in [1.807, 2.05) is 7.05 Å². The zero-order chi connectivity index (χ0) is 10.1. The molecule has 0 radical (unpaired) electrons. The fraction of sp³-hybridized carbons (Fsp3) is 0.600. The lowest BCUT2D eigenvalue weighted by atomic mass is 10.2. The van der Waals surface area contributed by atoms with E-state index in [0.717, 1.165) is 30.9 Å². The van der Waals surface area contributed by atoms with Crippen molar-refractivity contribution in [3.8, 4) is 0 Å². The van der Waals surface area contributed by atoms with E-state index in [2.05, 4.69) is 21.8 Å². The lowest BCUT2D eigenvalue weighted by molar-refractivity contribution is 0.892. The van der Waals surface area contributed by atoms with Crippen LogP contribution in [0, 0.1) is 0 Å². The smallest absolute Gasteiger partial charge is 0.224 e. The topological polar surface area (TPSA) is 29.0 Å². The van der Waals surface area contributed by atoms with Crippen LogP contribution in [0.3, 0.4) is 0 Å². The maximum Gasteiger partial charge on any atom is 0.224 e. The highest BCUT2D eigenvalue weighted by Gasteiger charge is 2.20. The zero-order valence-corrected chi connectivity index (χ0v) is 9.30. The van der Waals surface area contributed by atoms with Crippen LogP contribution in [-0.2, 0) is 12.8 Å². The van der Waals surface area contributed by atoms with Gasteiger partial charge in [0.05, 0.1) is 5.69 Å². The maximum atomic E-state index is 5.88. The highest BCUT2D eigenvalue weighted by molar-refractivity contribution is 6.28. The van der Waals surface area contributed by atoms with Crippen LogP contribution in [0.1, 0.15) is 24.6 Å². The highest BCUT2D eigenvalue weighted by Crippen LogP contribution is 2.29. The van der Waals surface area contributed by atoms with Gasteiger partial charge in [-0.2, -0.15) is 0 Å². The summed E-state index contributed by atoms with van der Waals surface area (Å²) in [5.74, 6) is 1.01. The number of halogens is 1. The molecule has 1 aliphatic carbocycles. The van der Waals surface area contributed by atoms with Gasteiger partial charge in [-0.1, -0.05) is 0 Å². The second kappa shape index (κ2) is 3.73. The van der Waals surface area contributed by atoms with Crippen molar-refractivity contribution in [2.24, 2.45) is 0 Å². The Labute approximate surface area is 89.1 Å². The molecule has 0 atom stereocenters. The van der Waals surface area contributed by atoms with Gasteiger partial charge in [0.1, 0.15) is 5.82 Å². The summed E-state index contributed by atoms with van der Waals surface area (Å²) >= 11 is 5.88. The summed E-state index contributed by atoms with van der Waals surface area (Å²) in [7, 11) is 2.04. The van der Waals surface area contributed by atoms with Gasteiger partial charge in [-0.05, 0) is 37.8 Å². The molecule has 1 heterocycles. The number of aryl methyl sites for hydroxylation is 1. The average molecular weight is 212 g/mol. The summed E-state index contributed by atoms with van der Waals surface area (Å²) in [6.45, 7) is 3.05. The standard InChI is InChI=1S/C10H14ClN3/c1-3-14(2)9-7-5-4-6-8(7)12-10(11)13-9/h3-6H2,1-2H3. The van der Waals surface area contributed by atoms with Crippen LogP contribution in [0.25, 0.3) is 0 Å². The number of nitrogens with zero attached hydrogens (tertiary/aromatic N) is 3. The number of rotatable bonds is 2. The molecule has 0 aromatic carbocycles. The molecule has 3 nitrogen and oxygen atoms in total. The number of hydrogen-bond acceptors (Lipinski definition) is 3. The molecule has 0 bridgehead atoms. The first-order chi connectivity index (χ1) is 6.72. The number of anilines is 1. The summed E-state index contributed by atoms with van der Waals surface area (Å²) in [5.41, 5.74) is 2.43. The molecule has 1 aromatic heterocycles. The second-order valence-corrected chi connectivity index (χ2v) is 3.95. The number of aromatic nitrogens is 2. The first kappa shape index (κ1) is 9.71. The molecule has 0 aliphatic heterocycles. The van der Waals surface area contributed by atoms with Gasteiger partial charge in [-0.3, -0.25) is 0 Å². The van der Waals surface area contributed by atoms with Gasteiger partial charge < -0.3 is 4.90 Å². The predicted molar refractivity (Wildman–Crippen MR) is 58.0 cm³/mol. The second-order valence-electron chi connectivity index (χ2n) is 3.61. The maximum absolute atomic E-state index is 5.88. The van der Waals surface area contributed by atoms with Crippen molar-refractivity contribution in [2.75, 3.05) is 18.5 Å². The van der Waals surface area contributed by atoms with Crippen LogP contribution in [0.15, 0.2) is 0 Å². The minimum atomic E-state index is 0.376. The van der Waals surface area contributed by atoms with E-state index >= 15 is 0 Å². The van der Waals surface area contributed by atoms with E-state index in [1.165, 1.54) is 12.0 Å².